The second-order valence-electron chi connectivity index (χ2n) is 3.84. The topological polar surface area (TPSA) is 34.1 Å². The lowest BCUT2D eigenvalue weighted by atomic mass is 10.2. The average Bonchev–Trinajstić information content (AvgIpc) is 3.10. The molecule has 1 N–H and O–H groups in total. The van der Waals surface area contributed by atoms with Crippen LogP contribution in [0.4, 0.5) is 4.39 Å². The minimum Gasteiger partial charge on any atom is -0.471 e. The molecule has 0 amide bonds. The molecule has 1 aromatic rings. The maximum Gasteiger partial charge on any atom is 0.251 e. The van der Waals surface area contributed by atoms with Gasteiger partial charge in [-0.15, -0.1) is 0 Å². The first-order valence-electron chi connectivity index (χ1n) is 5.41. The molecule has 1 saturated carbocycles. The molecule has 0 aliphatic heterocycles. The third kappa shape index (κ3) is 2.79. The SMILES string of the molecule is C=CCOc1nccc(CNC2CC2)c1F. The predicted octanol–water partition coefficient (Wildman–Crippen LogP) is 2.04. The summed E-state index contributed by atoms with van der Waals surface area (Å²) in [7, 11) is 0. The number of aromatic nitrogens is 1. The Bertz CT molecular complexity index is 377. The number of nitrogens with zero attached hydrogens (tertiary/aromatic N) is 1. The van der Waals surface area contributed by atoms with Gasteiger partial charge in [0.2, 0.25) is 0 Å². The van der Waals surface area contributed by atoms with E-state index < -0.39 is 0 Å². The molecule has 86 valence electrons. The number of pyridine rings is 1. The molecule has 16 heavy (non-hydrogen) atoms. The highest BCUT2D eigenvalue weighted by molar-refractivity contribution is 5.23. The summed E-state index contributed by atoms with van der Waals surface area (Å²) in [6.07, 6.45) is 5.50. The molecular formula is C12H15FN2O. The second-order valence-corrected chi connectivity index (χ2v) is 3.84. The van der Waals surface area contributed by atoms with Gasteiger partial charge in [0, 0.05) is 24.3 Å². The molecule has 0 spiro atoms. The van der Waals surface area contributed by atoms with Crippen molar-refractivity contribution in [3.63, 3.8) is 0 Å². The van der Waals surface area contributed by atoms with E-state index in [0.29, 0.717) is 18.2 Å². The lowest BCUT2D eigenvalue weighted by molar-refractivity contribution is 0.324. The normalized spacial score (nSPS) is 14.8. The van der Waals surface area contributed by atoms with Gasteiger partial charge in [-0.3, -0.25) is 0 Å². The lowest BCUT2D eigenvalue weighted by Crippen LogP contribution is -2.16. The molecule has 1 aromatic heterocycles. The minimum atomic E-state index is -0.377. The molecule has 1 heterocycles. The summed E-state index contributed by atoms with van der Waals surface area (Å²) in [5.41, 5.74) is 0.598. The van der Waals surface area contributed by atoms with E-state index in [4.69, 9.17) is 4.74 Å². The van der Waals surface area contributed by atoms with Gasteiger partial charge in [-0.2, -0.15) is 0 Å². The standard InChI is InChI=1S/C12H15FN2O/c1-2-7-16-12-11(13)9(5-6-14-12)8-15-10-3-4-10/h2,5-6,10,15H,1,3-4,7-8H2. The van der Waals surface area contributed by atoms with Gasteiger partial charge in [0.25, 0.3) is 5.88 Å². The number of halogens is 1. The van der Waals surface area contributed by atoms with Crippen LogP contribution in [0.2, 0.25) is 0 Å². The Kier molecular flexibility index (Phi) is 3.51. The molecule has 4 heteroatoms. The number of nitrogens with one attached hydrogen (secondary N) is 1. The van der Waals surface area contributed by atoms with Gasteiger partial charge < -0.3 is 10.1 Å². The van der Waals surface area contributed by atoms with Crippen molar-refractivity contribution in [2.75, 3.05) is 6.61 Å². The first-order chi connectivity index (χ1) is 7.81. The van der Waals surface area contributed by atoms with Gasteiger partial charge in [-0.1, -0.05) is 12.7 Å². The molecule has 0 saturated heterocycles. The number of ether oxygens (including phenoxy) is 1. The maximum atomic E-state index is 13.8. The van der Waals surface area contributed by atoms with Gasteiger partial charge in [-0.05, 0) is 18.9 Å². The largest absolute Gasteiger partial charge is 0.471 e. The van der Waals surface area contributed by atoms with Gasteiger partial charge in [0.05, 0.1) is 0 Å². The summed E-state index contributed by atoms with van der Waals surface area (Å²) in [6, 6.07) is 2.23. The van der Waals surface area contributed by atoms with Crippen molar-refractivity contribution >= 4 is 0 Å². The van der Waals surface area contributed by atoms with Crippen LogP contribution in [0.3, 0.4) is 0 Å². The Morgan fingerprint density at radius 3 is 3.12 bits per heavy atom. The van der Waals surface area contributed by atoms with Crippen LogP contribution in [0, 0.1) is 5.82 Å². The molecule has 0 bridgehead atoms. The summed E-state index contributed by atoms with van der Waals surface area (Å²) in [4.78, 5) is 3.85. The van der Waals surface area contributed by atoms with Gasteiger partial charge >= 0.3 is 0 Å². The van der Waals surface area contributed by atoms with Crippen molar-refractivity contribution in [3.05, 3.63) is 36.3 Å². The van der Waals surface area contributed by atoms with Crippen molar-refractivity contribution in [1.29, 1.82) is 0 Å². The fourth-order valence-electron chi connectivity index (χ4n) is 1.38. The Balaban J connectivity index is 2.01. The Hall–Kier alpha value is -1.42. The molecule has 3 nitrogen and oxygen atoms in total. The number of hydrogen-bond acceptors (Lipinski definition) is 3. The Morgan fingerprint density at radius 1 is 1.62 bits per heavy atom. The summed E-state index contributed by atoms with van der Waals surface area (Å²) in [5.74, 6) is -0.326. The third-order valence-corrected chi connectivity index (χ3v) is 2.43. The first-order valence-corrected chi connectivity index (χ1v) is 5.41. The van der Waals surface area contributed by atoms with E-state index in [1.807, 2.05) is 0 Å². The summed E-state index contributed by atoms with van der Waals surface area (Å²) in [6.45, 7) is 4.31. The number of hydrogen-bond donors (Lipinski definition) is 1. The van der Waals surface area contributed by atoms with Crippen LogP contribution >= 0.6 is 0 Å². The quantitative estimate of drug-likeness (QED) is 0.748. The predicted molar refractivity (Wildman–Crippen MR) is 59.7 cm³/mol. The van der Waals surface area contributed by atoms with Gasteiger partial charge in [-0.25, -0.2) is 9.37 Å². The molecule has 1 fully saturated rings. The molecular weight excluding hydrogens is 207 g/mol. The Morgan fingerprint density at radius 2 is 2.44 bits per heavy atom. The van der Waals surface area contributed by atoms with Crippen LogP contribution in [-0.2, 0) is 6.54 Å². The monoisotopic (exact) mass is 222 g/mol. The van der Waals surface area contributed by atoms with Crippen molar-refractivity contribution in [2.45, 2.75) is 25.4 Å². The minimum absolute atomic E-state index is 0.0509. The van der Waals surface area contributed by atoms with Gasteiger partial charge in [0.1, 0.15) is 6.61 Å². The molecule has 1 aliphatic carbocycles. The summed E-state index contributed by atoms with van der Waals surface area (Å²) < 4.78 is 18.9. The molecule has 2 rings (SSSR count). The van der Waals surface area contributed by atoms with Crippen LogP contribution in [0.5, 0.6) is 5.88 Å². The van der Waals surface area contributed by atoms with E-state index in [1.165, 1.54) is 12.8 Å². The highest BCUT2D eigenvalue weighted by atomic mass is 19.1. The third-order valence-electron chi connectivity index (χ3n) is 2.43. The summed E-state index contributed by atoms with van der Waals surface area (Å²) >= 11 is 0. The molecule has 1 aliphatic rings. The van der Waals surface area contributed by atoms with E-state index in [1.54, 1.807) is 18.3 Å². The summed E-state index contributed by atoms with van der Waals surface area (Å²) in [5, 5.41) is 3.25. The highest BCUT2D eigenvalue weighted by Crippen LogP contribution is 2.21. The molecule has 0 radical (unpaired) electrons. The molecule has 0 aromatic carbocycles. The van der Waals surface area contributed by atoms with Crippen molar-refractivity contribution in [3.8, 4) is 5.88 Å². The zero-order valence-corrected chi connectivity index (χ0v) is 9.08. The fraction of sp³-hybridized carbons (Fsp3) is 0.417. The van der Waals surface area contributed by atoms with Crippen LogP contribution in [-0.4, -0.2) is 17.6 Å². The van der Waals surface area contributed by atoms with E-state index in [0.717, 1.165) is 0 Å². The van der Waals surface area contributed by atoms with E-state index >= 15 is 0 Å². The van der Waals surface area contributed by atoms with Gasteiger partial charge in [0.15, 0.2) is 5.82 Å². The smallest absolute Gasteiger partial charge is 0.251 e. The van der Waals surface area contributed by atoms with Crippen LogP contribution in [0.1, 0.15) is 18.4 Å². The average molecular weight is 222 g/mol. The zero-order chi connectivity index (χ0) is 11.4. The zero-order valence-electron chi connectivity index (χ0n) is 9.08. The van der Waals surface area contributed by atoms with Crippen LogP contribution in [0.25, 0.3) is 0 Å². The first kappa shape index (κ1) is 11.1. The van der Waals surface area contributed by atoms with E-state index in [9.17, 15) is 4.39 Å². The lowest BCUT2D eigenvalue weighted by Gasteiger charge is -2.08. The van der Waals surface area contributed by atoms with Crippen molar-refractivity contribution in [2.24, 2.45) is 0 Å². The maximum absolute atomic E-state index is 13.8. The van der Waals surface area contributed by atoms with Crippen molar-refractivity contribution in [1.82, 2.24) is 10.3 Å². The Labute approximate surface area is 94.3 Å². The second kappa shape index (κ2) is 5.07. The molecule has 0 atom stereocenters. The van der Waals surface area contributed by atoms with E-state index in [-0.39, 0.29) is 18.3 Å². The van der Waals surface area contributed by atoms with Crippen LogP contribution in [0.15, 0.2) is 24.9 Å². The fourth-order valence-corrected chi connectivity index (χ4v) is 1.38. The van der Waals surface area contributed by atoms with Crippen molar-refractivity contribution < 1.29 is 9.13 Å². The number of rotatable bonds is 6. The highest BCUT2D eigenvalue weighted by Gasteiger charge is 2.21. The van der Waals surface area contributed by atoms with E-state index in [2.05, 4.69) is 16.9 Å². The van der Waals surface area contributed by atoms with Crippen LogP contribution < -0.4 is 10.1 Å². The molecule has 0 unspecified atom stereocenters.